The molecular formula is C21H19N3O4S. The topological polar surface area (TPSA) is 104 Å². The molecule has 8 heteroatoms. The average Bonchev–Trinajstić information content (AvgIpc) is 2.74. The first kappa shape index (κ1) is 20.2. The summed E-state index contributed by atoms with van der Waals surface area (Å²) in [5.41, 5.74) is 6.17. The summed E-state index contributed by atoms with van der Waals surface area (Å²) in [7, 11) is 1.61. The fraction of sp³-hybridized carbons (Fsp3) is 0.0952. The molecule has 1 heterocycles. The van der Waals surface area contributed by atoms with Crippen LogP contribution in [0.25, 0.3) is 0 Å². The summed E-state index contributed by atoms with van der Waals surface area (Å²) in [6.45, 7) is 0. The van der Waals surface area contributed by atoms with Crippen LogP contribution >= 0.6 is 11.8 Å². The summed E-state index contributed by atoms with van der Waals surface area (Å²) in [6, 6.07) is 17.3. The highest BCUT2D eigenvalue weighted by atomic mass is 32.2. The SMILES string of the molecule is COc1ccc(SCC(=O)Nc2ccc(Oc3cccc(C(N)=O)c3)nc2)cc1. The zero-order valence-corrected chi connectivity index (χ0v) is 16.4. The Balaban J connectivity index is 1.52. The van der Waals surface area contributed by atoms with Crippen LogP contribution in [-0.2, 0) is 4.79 Å². The van der Waals surface area contributed by atoms with Crippen molar-refractivity contribution in [2.24, 2.45) is 5.73 Å². The molecule has 0 saturated carbocycles. The monoisotopic (exact) mass is 409 g/mol. The van der Waals surface area contributed by atoms with Crippen LogP contribution in [0.3, 0.4) is 0 Å². The third-order valence-corrected chi connectivity index (χ3v) is 4.80. The lowest BCUT2D eigenvalue weighted by Crippen LogP contribution is -2.14. The second-order valence-corrected chi connectivity index (χ2v) is 6.94. The van der Waals surface area contributed by atoms with Gasteiger partial charge in [0.25, 0.3) is 0 Å². The molecule has 3 N–H and O–H groups in total. The number of nitrogens with two attached hydrogens (primary N) is 1. The van der Waals surface area contributed by atoms with Gasteiger partial charge in [0.1, 0.15) is 11.5 Å². The minimum absolute atomic E-state index is 0.143. The van der Waals surface area contributed by atoms with E-state index in [0.717, 1.165) is 10.6 Å². The molecule has 0 atom stereocenters. The number of aromatic nitrogens is 1. The van der Waals surface area contributed by atoms with Crippen LogP contribution < -0.4 is 20.5 Å². The van der Waals surface area contributed by atoms with Crippen LogP contribution in [0.15, 0.2) is 71.8 Å². The zero-order valence-electron chi connectivity index (χ0n) is 15.6. The molecule has 2 amide bonds. The number of carbonyl (C=O) groups is 2. The van der Waals surface area contributed by atoms with Gasteiger partial charge in [0, 0.05) is 16.5 Å². The van der Waals surface area contributed by atoms with Crippen LogP contribution in [0.1, 0.15) is 10.4 Å². The van der Waals surface area contributed by atoms with Crippen LogP contribution in [-0.4, -0.2) is 29.7 Å². The van der Waals surface area contributed by atoms with Crippen molar-refractivity contribution in [3.8, 4) is 17.4 Å². The molecule has 3 rings (SSSR count). The van der Waals surface area contributed by atoms with E-state index in [4.69, 9.17) is 15.2 Å². The predicted octanol–water partition coefficient (Wildman–Crippen LogP) is 3.71. The number of pyridine rings is 1. The number of rotatable bonds is 8. The Morgan fingerprint density at radius 3 is 2.52 bits per heavy atom. The normalized spacial score (nSPS) is 10.2. The molecule has 0 aliphatic rings. The number of amides is 2. The van der Waals surface area contributed by atoms with Crippen molar-refractivity contribution in [3.05, 3.63) is 72.4 Å². The third-order valence-electron chi connectivity index (χ3n) is 3.79. The first-order valence-corrected chi connectivity index (χ1v) is 9.62. The van der Waals surface area contributed by atoms with E-state index < -0.39 is 5.91 Å². The van der Waals surface area contributed by atoms with Gasteiger partial charge in [-0.15, -0.1) is 11.8 Å². The molecule has 3 aromatic rings. The van der Waals surface area contributed by atoms with Gasteiger partial charge in [-0.2, -0.15) is 0 Å². The molecule has 0 bridgehead atoms. The number of carbonyl (C=O) groups excluding carboxylic acids is 2. The summed E-state index contributed by atoms with van der Waals surface area (Å²) in [5.74, 6) is 1.14. The number of primary amides is 1. The van der Waals surface area contributed by atoms with Gasteiger partial charge in [-0.3, -0.25) is 9.59 Å². The molecule has 0 aliphatic heterocycles. The van der Waals surface area contributed by atoms with E-state index >= 15 is 0 Å². The van der Waals surface area contributed by atoms with Crippen molar-refractivity contribution in [2.45, 2.75) is 4.90 Å². The maximum atomic E-state index is 12.1. The lowest BCUT2D eigenvalue weighted by Gasteiger charge is -2.08. The second-order valence-electron chi connectivity index (χ2n) is 5.89. The molecule has 148 valence electrons. The van der Waals surface area contributed by atoms with Crippen molar-refractivity contribution in [1.29, 1.82) is 0 Å². The molecule has 1 aromatic heterocycles. The fourth-order valence-electron chi connectivity index (χ4n) is 2.37. The van der Waals surface area contributed by atoms with Gasteiger partial charge in [-0.05, 0) is 48.5 Å². The molecule has 0 radical (unpaired) electrons. The fourth-order valence-corrected chi connectivity index (χ4v) is 3.06. The highest BCUT2D eigenvalue weighted by molar-refractivity contribution is 8.00. The van der Waals surface area contributed by atoms with Gasteiger partial charge in [0.15, 0.2) is 0 Å². The van der Waals surface area contributed by atoms with Gasteiger partial charge in [0.2, 0.25) is 17.7 Å². The maximum Gasteiger partial charge on any atom is 0.248 e. The lowest BCUT2D eigenvalue weighted by molar-refractivity contribution is -0.113. The first-order valence-electron chi connectivity index (χ1n) is 8.64. The number of hydrogen-bond acceptors (Lipinski definition) is 6. The summed E-state index contributed by atoms with van der Waals surface area (Å²) >= 11 is 1.43. The van der Waals surface area contributed by atoms with Crippen molar-refractivity contribution in [3.63, 3.8) is 0 Å². The summed E-state index contributed by atoms with van der Waals surface area (Å²) in [6.07, 6.45) is 1.50. The highest BCUT2D eigenvalue weighted by Crippen LogP contribution is 2.23. The zero-order chi connectivity index (χ0) is 20.6. The minimum atomic E-state index is -0.533. The smallest absolute Gasteiger partial charge is 0.248 e. The Kier molecular flexibility index (Phi) is 6.70. The number of hydrogen-bond donors (Lipinski definition) is 2. The molecule has 0 fully saturated rings. The van der Waals surface area contributed by atoms with Crippen LogP contribution in [0.4, 0.5) is 5.69 Å². The number of benzene rings is 2. The molecule has 2 aromatic carbocycles. The third kappa shape index (κ3) is 5.98. The number of ether oxygens (including phenoxy) is 2. The Labute approximate surface area is 172 Å². The molecular weight excluding hydrogens is 390 g/mol. The number of anilines is 1. The second kappa shape index (κ2) is 9.61. The number of nitrogens with one attached hydrogen (secondary N) is 1. The Hall–Kier alpha value is -3.52. The standard InChI is InChI=1S/C21H19N3O4S/c1-27-16-6-8-18(9-7-16)29-13-19(25)24-15-5-10-20(23-12-15)28-17-4-2-3-14(11-17)21(22)26/h2-12H,13H2,1H3,(H2,22,26)(H,24,25). The number of nitrogens with zero attached hydrogens (tertiary/aromatic N) is 1. The van der Waals surface area contributed by atoms with E-state index in [1.165, 1.54) is 24.0 Å². The molecule has 0 spiro atoms. The van der Waals surface area contributed by atoms with Crippen LogP contribution in [0.5, 0.6) is 17.4 Å². The van der Waals surface area contributed by atoms with Gasteiger partial charge in [-0.1, -0.05) is 6.07 Å². The highest BCUT2D eigenvalue weighted by Gasteiger charge is 2.07. The molecule has 0 saturated heterocycles. The Morgan fingerprint density at radius 2 is 1.86 bits per heavy atom. The van der Waals surface area contributed by atoms with E-state index in [0.29, 0.717) is 22.9 Å². The van der Waals surface area contributed by atoms with Gasteiger partial charge in [0.05, 0.1) is 24.7 Å². The van der Waals surface area contributed by atoms with Crippen LogP contribution in [0.2, 0.25) is 0 Å². The quantitative estimate of drug-likeness (QED) is 0.550. The van der Waals surface area contributed by atoms with E-state index in [9.17, 15) is 9.59 Å². The van der Waals surface area contributed by atoms with E-state index in [-0.39, 0.29) is 11.7 Å². The van der Waals surface area contributed by atoms with Crippen molar-refractivity contribution in [1.82, 2.24) is 4.98 Å². The van der Waals surface area contributed by atoms with Gasteiger partial charge >= 0.3 is 0 Å². The van der Waals surface area contributed by atoms with E-state index in [2.05, 4.69) is 10.3 Å². The van der Waals surface area contributed by atoms with Crippen molar-refractivity contribution in [2.75, 3.05) is 18.2 Å². The van der Waals surface area contributed by atoms with E-state index in [1.54, 1.807) is 37.4 Å². The van der Waals surface area contributed by atoms with Crippen molar-refractivity contribution < 1.29 is 19.1 Å². The maximum absolute atomic E-state index is 12.1. The average molecular weight is 409 g/mol. The Morgan fingerprint density at radius 1 is 1.07 bits per heavy atom. The molecule has 7 nitrogen and oxygen atoms in total. The Bertz CT molecular complexity index is 992. The van der Waals surface area contributed by atoms with Gasteiger partial charge < -0.3 is 20.5 Å². The van der Waals surface area contributed by atoms with Gasteiger partial charge in [-0.25, -0.2) is 4.98 Å². The lowest BCUT2D eigenvalue weighted by atomic mass is 10.2. The summed E-state index contributed by atoms with van der Waals surface area (Å²) in [5, 5.41) is 2.79. The van der Waals surface area contributed by atoms with Crippen molar-refractivity contribution >= 4 is 29.3 Å². The molecule has 0 unspecified atom stereocenters. The predicted molar refractivity (Wildman–Crippen MR) is 112 cm³/mol. The first-order chi connectivity index (χ1) is 14.0. The van der Waals surface area contributed by atoms with E-state index in [1.807, 2.05) is 24.3 Å². The number of thioether (sulfide) groups is 1. The number of methoxy groups -OCH3 is 1. The largest absolute Gasteiger partial charge is 0.497 e. The summed E-state index contributed by atoms with van der Waals surface area (Å²) in [4.78, 5) is 28.5. The van der Waals surface area contributed by atoms with Crippen LogP contribution in [0, 0.1) is 0 Å². The molecule has 0 aliphatic carbocycles. The molecule has 29 heavy (non-hydrogen) atoms. The summed E-state index contributed by atoms with van der Waals surface area (Å²) < 4.78 is 10.7. The minimum Gasteiger partial charge on any atom is -0.497 e.